The maximum absolute atomic E-state index is 14.7. The number of nitrogens with one attached hydrogen (secondary N) is 1. The summed E-state index contributed by atoms with van der Waals surface area (Å²) in [6.45, 7) is 4.96. The van der Waals surface area contributed by atoms with Crippen molar-refractivity contribution < 1.29 is 22.7 Å². The maximum atomic E-state index is 14.7. The summed E-state index contributed by atoms with van der Waals surface area (Å²) >= 11 is 16.6. The molecule has 12 heteroatoms. The minimum atomic E-state index is -4.31. The average Bonchev–Trinajstić information content (AvgIpc) is 3.07. The van der Waals surface area contributed by atoms with Crippen LogP contribution in [0.25, 0.3) is 0 Å². The van der Waals surface area contributed by atoms with Gasteiger partial charge in [0.15, 0.2) is 0 Å². The Morgan fingerprint density at radius 2 is 1.58 bits per heavy atom. The molecule has 0 radical (unpaired) electrons. The van der Waals surface area contributed by atoms with Crippen molar-refractivity contribution in [2.24, 2.45) is 0 Å². The zero-order valence-corrected chi connectivity index (χ0v) is 31.0. The van der Waals surface area contributed by atoms with Crippen LogP contribution in [0.5, 0.6) is 5.75 Å². The zero-order chi connectivity index (χ0) is 35.0. The van der Waals surface area contributed by atoms with Crippen LogP contribution in [0.2, 0.25) is 10.0 Å². The molecule has 0 bridgehead atoms. The quantitative estimate of drug-likeness (QED) is 0.141. The number of benzene rings is 4. The van der Waals surface area contributed by atoms with Gasteiger partial charge in [-0.3, -0.25) is 13.9 Å². The molecule has 1 N–H and O–H groups in total. The smallest absolute Gasteiger partial charge is 0.264 e. The predicted molar refractivity (Wildman–Crippen MR) is 195 cm³/mol. The Bertz CT molecular complexity index is 1820. The van der Waals surface area contributed by atoms with Crippen molar-refractivity contribution in [1.82, 2.24) is 10.2 Å². The lowest BCUT2D eigenvalue weighted by molar-refractivity contribution is -0.140. The van der Waals surface area contributed by atoms with Gasteiger partial charge in [-0.25, -0.2) is 8.42 Å². The van der Waals surface area contributed by atoms with E-state index in [4.69, 9.17) is 27.9 Å². The third kappa shape index (κ3) is 9.11. The van der Waals surface area contributed by atoms with E-state index in [2.05, 4.69) is 21.2 Å². The van der Waals surface area contributed by atoms with Crippen molar-refractivity contribution in [1.29, 1.82) is 0 Å². The number of halogens is 3. The topological polar surface area (TPSA) is 96.0 Å². The van der Waals surface area contributed by atoms with Gasteiger partial charge >= 0.3 is 0 Å². The van der Waals surface area contributed by atoms with Crippen molar-refractivity contribution in [2.75, 3.05) is 18.0 Å². The third-order valence-corrected chi connectivity index (χ3v) is 11.1. The molecule has 0 saturated heterocycles. The molecule has 2 unspecified atom stereocenters. The van der Waals surface area contributed by atoms with Crippen molar-refractivity contribution in [3.63, 3.8) is 0 Å². The summed E-state index contributed by atoms with van der Waals surface area (Å²) in [5.41, 5.74) is 2.44. The summed E-state index contributed by atoms with van der Waals surface area (Å²) in [5, 5.41) is 3.64. The van der Waals surface area contributed by atoms with E-state index in [-0.39, 0.29) is 35.5 Å². The zero-order valence-electron chi connectivity index (χ0n) is 27.1. The van der Waals surface area contributed by atoms with Crippen molar-refractivity contribution in [2.45, 2.75) is 57.1 Å². The van der Waals surface area contributed by atoms with Crippen molar-refractivity contribution >= 4 is 66.7 Å². The summed E-state index contributed by atoms with van der Waals surface area (Å²) in [6.07, 6.45) is 0.838. The summed E-state index contributed by atoms with van der Waals surface area (Å²) in [7, 11) is -2.83. The summed E-state index contributed by atoms with van der Waals surface area (Å²) in [5.74, 6) is -0.553. The predicted octanol–water partition coefficient (Wildman–Crippen LogP) is 7.82. The lowest BCUT2D eigenvalue weighted by atomic mass is 10.0. The lowest BCUT2D eigenvalue weighted by Gasteiger charge is -2.34. The fourth-order valence-corrected chi connectivity index (χ4v) is 7.67. The van der Waals surface area contributed by atoms with Crippen LogP contribution < -0.4 is 14.4 Å². The molecule has 2 amide bonds. The van der Waals surface area contributed by atoms with E-state index < -0.39 is 28.5 Å². The molecule has 4 aromatic carbocycles. The van der Waals surface area contributed by atoms with Crippen LogP contribution in [0.15, 0.2) is 100 Å². The van der Waals surface area contributed by atoms with Gasteiger partial charge in [0.1, 0.15) is 18.3 Å². The Morgan fingerprint density at radius 3 is 2.17 bits per heavy atom. The fraction of sp³-hybridized carbons (Fsp3) is 0.278. The van der Waals surface area contributed by atoms with E-state index in [0.29, 0.717) is 32.3 Å². The largest absolute Gasteiger partial charge is 0.496 e. The first-order valence-electron chi connectivity index (χ1n) is 15.3. The standard InChI is InChI=1S/C36H38BrCl2N3O5S/c1-5-25(3)40-36(44)33(20-26-10-7-6-8-11-26)41(22-29-31(38)12-9-13-32(29)39)35(43)23-42(27-16-14-24(2)15-17-27)48(45,46)28-18-19-34(47-4)30(37)21-28/h6-19,21,25,33H,5,20,22-23H2,1-4H3,(H,40,44). The number of nitrogens with zero attached hydrogens (tertiary/aromatic N) is 2. The van der Waals surface area contributed by atoms with E-state index >= 15 is 0 Å². The molecule has 4 rings (SSSR count). The number of sulfonamides is 1. The number of ether oxygens (including phenoxy) is 1. The number of hydrogen-bond acceptors (Lipinski definition) is 5. The van der Waals surface area contributed by atoms with Gasteiger partial charge in [0.2, 0.25) is 11.8 Å². The number of methoxy groups -OCH3 is 1. The van der Waals surface area contributed by atoms with Gasteiger partial charge in [-0.15, -0.1) is 0 Å². The van der Waals surface area contributed by atoms with E-state index in [1.54, 1.807) is 42.5 Å². The molecule has 0 spiro atoms. The lowest BCUT2D eigenvalue weighted by Crippen LogP contribution is -2.54. The number of hydrogen-bond donors (Lipinski definition) is 1. The second-order valence-electron chi connectivity index (χ2n) is 11.4. The van der Waals surface area contributed by atoms with Crippen molar-refractivity contribution in [3.05, 3.63) is 122 Å². The van der Waals surface area contributed by atoms with E-state index in [0.717, 1.165) is 15.4 Å². The Balaban J connectivity index is 1.85. The molecule has 0 aliphatic heterocycles. The number of carbonyl (C=O) groups is 2. The first-order chi connectivity index (χ1) is 22.8. The van der Waals surface area contributed by atoms with Crippen LogP contribution in [0.1, 0.15) is 37.0 Å². The maximum Gasteiger partial charge on any atom is 0.264 e. The monoisotopic (exact) mass is 773 g/mol. The van der Waals surface area contributed by atoms with Crippen LogP contribution in [-0.2, 0) is 32.6 Å². The van der Waals surface area contributed by atoms with Gasteiger partial charge in [-0.2, -0.15) is 0 Å². The number of amides is 2. The Hall–Kier alpha value is -3.57. The Kier molecular flexibility index (Phi) is 13.0. The fourth-order valence-electron chi connectivity index (χ4n) is 5.02. The van der Waals surface area contributed by atoms with Gasteiger partial charge < -0.3 is 15.0 Å². The molecule has 0 aliphatic carbocycles. The average molecular weight is 776 g/mol. The minimum absolute atomic E-state index is 0.0559. The van der Waals surface area contributed by atoms with Crippen LogP contribution in [0.3, 0.4) is 0 Å². The third-order valence-electron chi connectivity index (χ3n) is 7.97. The van der Waals surface area contributed by atoms with Crippen LogP contribution in [0.4, 0.5) is 5.69 Å². The Morgan fingerprint density at radius 1 is 0.938 bits per heavy atom. The highest BCUT2D eigenvalue weighted by Gasteiger charge is 2.35. The van der Waals surface area contributed by atoms with Gasteiger partial charge in [0.05, 0.1) is 22.2 Å². The Labute approximate surface area is 301 Å². The molecular weight excluding hydrogens is 737 g/mol. The first-order valence-corrected chi connectivity index (χ1v) is 18.3. The highest BCUT2D eigenvalue weighted by Crippen LogP contribution is 2.32. The minimum Gasteiger partial charge on any atom is -0.496 e. The molecule has 254 valence electrons. The van der Waals surface area contributed by atoms with Gasteiger partial charge in [-0.05, 0) is 84.2 Å². The molecule has 0 aliphatic rings. The number of anilines is 1. The molecule has 2 atom stereocenters. The summed E-state index contributed by atoms with van der Waals surface area (Å²) < 4.78 is 35.5. The highest BCUT2D eigenvalue weighted by atomic mass is 79.9. The number of carbonyl (C=O) groups excluding carboxylic acids is 2. The molecule has 0 saturated carbocycles. The number of rotatable bonds is 14. The molecular formula is C36H38BrCl2N3O5S. The van der Waals surface area contributed by atoms with Gasteiger partial charge in [0.25, 0.3) is 10.0 Å². The van der Waals surface area contributed by atoms with E-state index in [9.17, 15) is 18.0 Å². The molecule has 8 nitrogen and oxygen atoms in total. The molecule has 48 heavy (non-hydrogen) atoms. The van der Waals surface area contributed by atoms with Gasteiger partial charge in [-0.1, -0.05) is 84.2 Å². The second kappa shape index (κ2) is 16.7. The SMILES string of the molecule is CCC(C)NC(=O)C(Cc1ccccc1)N(Cc1c(Cl)cccc1Cl)C(=O)CN(c1ccc(C)cc1)S(=O)(=O)c1ccc(OC)c(Br)c1. The molecule has 4 aromatic rings. The van der Waals surface area contributed by atoms with E-state index in [1.807, 2.05) is 51.1 Å². The van der Waals surface area contributed by atoms with Crippen LogP contribution in [0, 0.1) is 6.92 Å². The summed E-state index contributed by atoms with van der Waals surface area (Å²) in [6, 6.07) is 24.3. The molecule has 0 aromatic heterocycles. The molecule has 0 heterocycles. The van der Waals surface area contributed by atoms with Crippen molar-refractivity contribution in [3.8, 4) is 5.75 Å². The molecule has 0 fully saturated rings. The summed E-state index contributed by atoms with van der Waals surface area (Å²) in [4.78, 5) is 30.0. The number of aryl methyl sites for hydroxylation is 1. The second-order valence-corrected chi connectivity index (χ2v) is 14.9. The highest BCUT2D eigenvalue weighted by molar-refractivity contribution is 9.10. The normalized spacial score (nSPS) is 12.6. The first kappa shape index (κ1) is 37.3. The van der Waals surface area contributed by atoms with Gasteiger partial charge in [0, 0.05) is 34.6 Å². The van der Waals surface area contributed by atoms with E-state index in [1.165, 1.54) is 30.2 Å². The van der Waals surface area contributed by atoms with Crippen LogP contribution >= 0.6 is 39.1 Å². The van der Waals surface area contributed by atoms with Crippen LogP contribution in [-0.4, -0.2) is 50.9 Å².